The number of nitrogens with two attached hydrogens (primary N) is 4. The highest BCUT2D eigenvalue weighted by atomic mass is 16.7. The molecule has 11 atom stereocenters. The van der Waals surface area contributed by atoms with Gasteiger partial charge in [0.1, 0.15) is 18.3 Å². The number of carbonyl (C=O) groups is 1. The molecule has 1 aliphatic carbocycles. The van der Waals surface area contributed by atoms with Crippen LogP contribution >= 0.6 is 0 Å². The van der Waals surface area contributed by atoms with Crippen molar-refractivity contribution in [1.82, 2.24) is 10.6 Å². The summed E-state index contributed by atoms with van der Waals surface area (Å²) < 4.78 is 21.7. The molecule has 0 aromatic rings. The number of hydrogen-bond donors (Lipinski definition) is 11. The lowest BCUT2D eigenvalue weighted by atomic mass is 9.88. The highest BCUT2D eigenvalue weighted by molar-refractivity contribution is 5.86. The molecule has 4 heterocycles. The summed E-state index contributed by atoms with van der Waals surface area (Å²) in [6, 6.07) is -1.14. The number of hydrogen-bond acceptors (Lipinski definition) is 15. The van der Waals surface area contributed by atoms with E-state index in [1.807, 2.05) is 0 Å². The molecule has 0 aromatic carbocycles. The van der Waals surface area contributed by atoms with Crippen LogP contribution in [0.15, 0.2) is 0 Å². The van der Waals surface area contributed by atoms with E-state index in [1.165, 1.54) is 12.8 Å². The largest absolute Gasteiger partial charge is 0.394 e. The molecular weight excluding hydrogens is 568 g/mol. The Morgan fingerprint density at radius 3 is 2.23 bits per heavy atom. The van der Waals surface area contributed by atoms with Crippen molar-refractivity contribution in [2.45, 2.75) is 124 Å². The Kier molecular flexibility index (Phi) is 14.9. The summed E-state index contributed by atoms with van der Waals surface area (Å²) in [5.41, 5.74) is 20.7. The maximum atomic E-state index is 12.1. The van der Waals surface area contributed by atoms with Gasteiger partial charge in [0.05, 0.1) is 31.0 Å². The monoisotopic (exact) mass is 622 g/mol. The summed E-state index contributed by atoms with van der Waals surface area (Å²) in [5, 5.41) is 52.6. The van der Waals surface area contributed by atoms with Gasteiger partial charge >= 0.3 is 0 Å². The Bertz CT molecular complexity index is 818. The Morgan fingerprint density at radius 2 is 1.70 bits per heavy atom. The Hall–Kier alpha value is -1.09. The van der Waals surface area contributed by atoms with E-state index in [4.69, 9.17) is 52.1 Å². The van der Waals surface area contributed by atoms with E-state index in [1.54, 1.807) is 0 Å². The molecule has 15 N–H and O–H groups in total. The third kappa shape index (κ3) is 10.7. The predicted octanol–water partition coefficient (Wildman–Crippen LogP) is -4.58. The van der Waals surface area contributed by atoms with Gasteiger partial charge in [0.2, 0.25) is 0 Å². The van der Waals surface area contributed by atoms with E-state index in [0.717, 1.165) is 32.3 Å². The molecule has 4 aliphatic heterocycles. The lowest BCUT2D eigenvalue weighted by Gasteiger charge is -2.39. The van der Waals surface area contributed by atoms with Gasteiger partial charge in [0, 0.05) is 51.3 Å². The molecule has 0 aromatic heterocycles. The van der Waals surface area contributed by atoms with E-state index in [0.29, 0.717) is 25.5 Å². The first-order chi connectivity index (χ1) is 20.5. The summed E-state index contributed by atoms with van der Waals surface area (Å²) in [7, 11) is 0. The first-order valence-electron chi connectivity index (χ1n) is 15.4. The minimum absolute atomic E-state index is 0.00927. The molecule has 0 radical (unpaired) electrons. The van der Waals surface area contributed by atoms with Gasteiger partial charge in [-0.15, -0.1) is 0 Å². The van der Waals surface area contributed by atoms with Crippen LogP contribution in [0.2, 0.25) is 0 Å². The molecule has 5 aliphatic rings. The second kappa shape index (κ2) is 17.6. The molecule has 16 heteroatoms. The van der Waals surface area contributed by atoms with E-state index in [9.17, 15) is 20.1 Å². The maximum Gasteiger partial charge on any atom is 0.254 e. The number of rotatable bonds is 7. The van der Waals surface area contributed by atoms with Gasteiger partial charge in [0.25, 0.3) is 5.91 Å². The highest BCUT2D eigenvalue weighted by Gasteiger charge is 2.44. The van der Waals surface area contributed by atoms with Crippen LogP contribution in [0.1, 0.15) is 51.4 Å². The average Bonchev–Trinajstić information content (AvgIpc) is 3.44. The number of aliphatic hydroxyl groups excluding tert-OH is 4. The molecule has 4 saturated heterocycles. The zero-order valence-corrected chi connectivity index (χ0v) is 24.8. The average molecular weight is 623 g/mol. The van der Waals surface area contributed by atoms with Crippen LogP contribution in [0, 0.1) is 0 Å². The maximum absolute atomic E-state index is 12.1. The minimum Gasteiger partial charge on any atom is -0.394 e. The molecule has 1 amide bonds. The lowest BCUT2D eigenvalue weighted by molar-refractivity contribution is -0.238. The van der Waals surface area contributed by atoms with Crippen LogP contribution in [0.4, 0.5) is 0 Å². The van der Waals surface area contributed by atoms with Crippen LogP contribution in [0.25, 0.3) is 0 Å². The van der Waals surface area contributed by atoms with E-state index < -0.39 is 36.2 Å². The highest BCUT2D eigenvalue weighted by Crippen LogP contribution is 2.28. The SMILES string of the molecule is NC1CC(NC(=O)C2(O)CNC2)CC(OC2CCC(CO)O2)C1.NCC1CCCCO1.NC[C@@H]1O[C@H](O)[C@H](N)C(O)[C@@H]1O. The molecule has 5 rings (SSSR count). The predicted molar refractivity (Wildman–Crippen MR) is 154 cm³/mol. The van der Waals surface area contributed by atoms with Crippen molar-refractivity contribution in [2.75, 3.05) is 39.4 Å². The number of nitrogens with one attached hydrogen (secondary N) is 2. The number of carbonyl (C=O) groups excluding carboxylic acids is 1. The number of aliphatic hydroxyl groups is 5. The molecule has 0 bridgehead atoms. The van der Waals surface area contributed by atoms with Crippen LogP contribution in [-0.2, 0) is 23.7 Å². The fraction of sp³-hybridized carbons (Fsp3) is 0.963. The topological polar surface area (TPSA) is 283 Å². The van der Waals surface area contributed by atoms with Gasteiger partial charge in [0.15, 0.2) is 18.2 Å². The molecule has 252 valence electrons. The standard InChI is InChI=1S/C15H27N3O5.C6H14N2O4.C6H13NO/c16-9-3-10(18-14(20)15(21)7-17-8-15)5-12(4-9)23-13-2-1-11(6-19)22-13;7-1-2-4(9)5(10)3(8)6(11)12-2;7-5-6-3-1-2-4-8-6/h9-13,17,19,21H,1-8,16H2,(H,18,20);2-6,9-11H,1,7-8H2;6H,1-5,7H2/t;2-,3+,4+,5?,6-;/m.0./s1. The summed E-state index contributed by atoms with van der Waals surface area (Å²) in [4.78, 5) is 12.1. The van der Waals surface area contributed by atoms with Crippen LogP contribution in [0.3, 0.4) is 0 Å². The van der Waals surface area contributed by atoms with E-state index in [-0.39, 0.29) is 62.7 Å². The number of ether oxygens (including phenoxy) is 4. The quantitative estimate of drug-likeness (QED) is 0.127. The normalized spacial score (nSPS) is 40.6. The van der Waals surface area contributed by atoms with Gasteiger partial charge in [-0.3, -0.25) is 4.79 Å². The van der Waals surface area contributed by atoms with Crippen LogP contribution in [0.5, 0.6) is 0 Å². The van der Waals surface area contributed by atoms with Crippen molar-refractivity contribution in [3.05, 3.63) is 0 Å². The van der Waals surface area contributed by atoms with Crippen molar-refractivity contribution in [2.24, 2.45) is 22.9 Å². The van der Waals surface area contributed by atoms with Crippen molar-refractivity contribution < 1.29 is 49.3 Å². The summed E-state index contributed by atoms with van der Waals surface area (Å²) in [6.45, 7) is 2.23. The van der Waals surface area contributed by atoms with Crippen LogP contribution in [-0.4, -0.2) is 144 Å². The van der Waals surface area contributed by atoms with Gasteiger partial charge < -0.3 is 78.0 Å². The third-order valence-electron chi connectivity index (χ3n) is 8.45. The van der Waals surface area contributed by atoms with E-state index >= 15 is 0 Å². The molecular formula is C27H54N6O10. The second-order valence-electron chi connectivity index (χ2n) is 12.1. The summed E-state index contributed by atoms with van der Waals surface area (Å²) in [6.07, 6.45) is 2.78. The molecule has 16 nitrogen and oxygen atoms in total. The zero-order valence-electron chi connectivity index (χ0n) is 24.8. The number of β-amino-alcohol motifs (C(OH)–C–C–N with tert-alkyl or cyclic N) is 1. The fourth-order valence-electron chi connectivity index (χ4n) is 5.66. The summed E-state index contributed by atoms with van der Waals surface area (Å²) in [5.74, 6) is -0.341. The van der Waals surface area contributed by atoms with Crippen LogP contribution < -0.4 is 33.6 Å². The molecule has 1 saturated carbocycles. The number of amides is 1. The first kappa shape index (κ1) is 36.4. The van der Waals surface area contributed by atoms with E-state index in [2.05, 4.69) is 10.6 Å². The second-order valence-corrected chi connectivity index (χ2v) is 12.1. The first-order valence-corrected chi connectivity index (χ1v) is 15.4. The Balaban J connectivity index is 0.000000210. The lowest BCUT2D eigenvalue weighted by Crippen LogP contribution is -2.68. The van der Waals surface area contributed by atoms with Gasteiger partial charge in [-0.05, 0) is 44.9 Å². The summed E-state index contributed by atoms with van der Waals surface area (Å²) >= 11 is 0. The molecule has 5 fully saturated rings. The fourth-order valence-corrected chi connectivity index (χ4v) is 5.66. The smallest absolute Gasteiger partial charge is 0.254 e. The Labute approximate surface area is 252 Å². The Morgan fingerprint density at radius 1 is 0.953 bits per heavy atom. The van der Waals surface area contributed by atoms with Crippen molar-refractivity contribution in [3.8, 4) is 0 Å². The van der Waals surface area contributed by atoms with Gasteiger partial charge in [-0.2, -0.15) is 0 Å². The zero-order chi connectivity index (χ0) is 31.6. The van der Waals surface area contributed by atoms with Gasteiger partial charge in [-0.1, -0.05) is 0 Å². The van der Waals surface area contributed by atoms with Gasteiger partial charge in [-0.25, -0.2) is 0 Å². The van der Waals surface area contributed by atoms with Crippen molar-refractivity contribution in [3.63, 3.8) is 0 Å². The molecule has 0 spiro atoms. The molecule has 7 unspecified atom stereocenters. The third-order valence-corrected chi connectivity index (χ3v) is 8.45. The minimum atomic E-state index is -1.29. The van der Waals surface area contributed by atoms with Crippen molar-refractivity contribution >= 4 is 5.91 Å². The van der Waals surface area contributed by atoms with Crippen molar-refractivity contribution in [1.29, 1.82) is 0 Å². The molecule has 43 heavy (non-hydrogen) atoms.